The summed E-state index contributed by atoms with van der Waals surface area (Å²) < 4.78 is 0. The molecular formula is C32H34N4O2. The smallest absolute Gasteiger partial charge is 0.179 e. The van der Waals surface area contributed by atoms with E-state index in [0.717, 1.165) is 80.7 Å². The van der Waals surface area contributed by atoms with E-state index < -0.39 is 5.92 Å². The van der Waals surface area contributed by atoms with Crippen molar-refractivity contribution in [2.24, 2.45) is 17.8 Å². The number of aromatic amines is 3. The van der Waals surface area contributed by atoms with Crippen LogP contribution in [-0.2, 0) is 11.2 Å². The van der Waals surface area contributed by atoms with Crippen LogP contribution < -0.4 is 16.0 Å². The highest BCUT2D eigenvalue weighted by Crippen LogP contribution is 2.46. The molecule has 6 rings (SSSR count). The number of carbonyl (C=O) groups is 2. The van der Waals surface area contributed by atoms with E-state index in [-0.39, 0.29) is 17.6 Å². The summed E-state index contributed by atoms with van der Waals surface area (Å²) in [7, 11) is 0. The minimum atomic E-state index is -0.793. The number of allylic oxidation sites excluding steroid dienone is 3. The normalized spacial score (nSPS) is 26.7. The van der Waals surface area contributed by atoms with Crippen molar-refractivity contribution in [2.45, 2.75) is 47.5 Å². The fourth-order valence-electron chi connectivity index (χ4n) is 6.70. The van der Waals surface area contributed by atoms with Gasteiger partial charge in [0, 0.05) is 67.7 Å². The monoisotopic (exact) mass is 506 g/mol. The zero-order valence-corrected chi connectivity index (χ0v) is 22.6. The second-order valence-electron chi connectivity index (χ2n) is 10.7. The van der Waals surface area contributed by atoms with Gasteiger partial charge in [-0.1, -0.05) is 33.4 Å². The van der Waals surface area contributed by atoms with E-state index in [9.17, 15) is 9.59 Å². The molecule has 3 aromatic heterocycles. The summed E-state index contributed by atoms with van der Waals surface area (Å²) in [4.78, 5) is 36.4. The number of nitrogens with one attached hydrogen (secondary N) is 4. The van der Waals surface area contributed by atoms with Crippen LogP contribution in [0.4, 0.5) is 0 Å². The number of aromatic nitrogens is 3. The first-order valence-corrected chi connectivity index (χ1v) is 13.5. The van der Waals surface area contributed by atoms with Crippen molar-refractivity contribution in [3.8, 4) is 0 Å². The summed E-state index contributed by atoms with van der Waals surface area (Å²) in [5.41, 5.74) is 11.7. The molecule has 0 radical (unpaired) electrons. The molecule has 1 saturated heterocycles. The molecular weight excluding hydrogens is 472 g/mol. The fourth-order valence-corrected chi connectivity index (χ4v) is 6.70. The number of carbonyl (C=O) groups excluding carboxylic acids is 2. The van der Waals surface area contributed by atoms with Gasteiger partial charge in [-0.3, -0.25) is 4.79 Å². The second kappa shape index (κ2) is 8.76. The topological polar surface area (TPSA) is 93.5 Å². The Morgan fingerprint density at radius 3 is 2.47 bits per heavy atom. The second-order valence-corrected chi connectivity index (χ2v) is 10.7. The SMILES string of the molecule is C=Cc1c2[nH]c(c1C)/C=C1\N/C(=C3\c4[nH]c(cc4C(=O)[C@@H]3C=O)/C=c3\[nH]/c(c(C)c3CC)=C\2)[C@@H](CC)[C@@H]1C. The largest absolute Gasteiger partial charge is 0.361 e. The van der Waals surface area contributed by atoms with E-state index in [0.29, 0.717) is 5.56 Å². The Bertz CT molecular complexity index is 1720. The van der Waals surface area contributed by atoms with Gasteiger partial charge in [0.25, 0.3) is 0 Å². The number of ketones is 1. The Labute approximate surface area is 222 Å². The number of hydrogen-bond donors (Lipinski definition) is 4. The first-order valence-electron chi connectivity index (χ1n) is 13.5. The molecule has 0 unspecified atom stereocenters. The number of fused-ring (bicyclic) bond motifs is 7. The highest BCUT2D eigenvalue weighted by atomic mass is 16.1. The van der Waals surface area contributed by atoms with Gasteiger partial charge < -0.3 is 25.1 Å². The van der Waals surface area contributed by atoms with E-state index >= 15 is 0 Å². The fraction of sp³-hybridized carbons (Fsp3) is 0.312. The van der Waals surface area contributed by atoms with Crippen molar-refractivity contribution in [1.82, 2.24) is 20.3 Å². The minimum absolute atomic E-state index is 0.135. The third kappa shape index (κ3) is 3.32. The van der Waals surface area contributed by atoms with Crippen molar-refractivity contribution < 1.29 is 9.59 Å². The lowest BCUT2D eigenvalue weighted by molar-refractivity contribution is -0.108. The third-order valence-corrected chi connectivity index (χ3v) is 8.84. The van der Waals surface area contributed by atoms with E-state index in [1.807, 2.05) is 12.1 Å². The highest BCUT2D eigenvalue weighted by Gasteiger charge is 2.43. The summed E-state index contributed by atoms with van der Waals surface area (Å²) in [5.74, 6) is -0.556. The summed E-state index contributed by atoms with van der Waals surface area (Å²) >= 11 is 0. The number of Topliss-reactive ketones (excluding diaryl/α,β-unsaturated/α-hetero) is 1. The molecule has 5 heterocycles. The lowest BCUT2D eigenvalue weighted by Gasteiger charge is -2.17. The van der Waals surface area contributed by atoms with Crippen molar-refractivity contribution in [3.63, 3.8) is 0 Å². The molecule has 0 amide bonds. The molecule has 3 aromatic rings. The van der Waals surface area contributed by atoms with Gasteiger partial charge in [0.15, 0.2) is 5.78 Å². The quantitative estimate of drug-likeness (QED) is 0.310. The molecule has 8 bridgehead atoms. The molecule has 6 heteroatoms. The molecule has 0 aromatic carbocycles. The number of H-pyrrole nitrogens is 3. The molecule has 3 aliphatic rings. The van der Waals surface area contributed by atoms with Gasteiger partial charge in [-0.2, -0.15) is 0 Å². The maximum Gasteiger partial charge on any atom is 0.179 e. The molecule has 2 aliphatic heterocycles. The average molecular weight is 507 g/mol. The first-order chi connectivity index (χ1) is 18.3. The Hall–Kier alpha value is -4.06. The van der Waals surface area contributed by atoms with Crippen molar-refractivity contribution >= 4 is 41.9 Å². The number of hydrogen-bond acceptors (Lipinski definition) is 3. The standard InChI is InChI=1S/C32H34N4O2/c1-7-19-15(4)25-13-28-20(8-2)16(5)24(35-28)12-26-17(6)21(9-3)30(36-26)29-23(14-37)32(38)22-10-18(33-31(22)29)11-27(19)34-25/h8,10-14,17,21,23,33-36H,2,7,9H2,1,3-6H3/b25-13-,26-12-,27-11-,30-29-/t17-,21-,23+/m0/s1. The van der Waals surface area contributed by atoms with Crippen LogP contribution in [0.1, 0.15) is 82.6 Å². The first kappa shape index (κ1) is 24.3. The minimum Gasteiger partial charge on any atom is -0.361 e. The van der Waals surface area contributed by atoms with Crippen LogP contribution >= 0.6 is 0 Å². The molecule has 0 spiro atoms. The summed E-state index contributed by atoms with van der Waals surface area (Å²) in [5, 5.41) is 5.73. The van der Waals surface area contributed by atoms with Crippen LogP contribution in [0, 0.1) is 31.6 Å². The lowest BCUT2D eigenvalue weighted by atomic mass is 9.86. The maximum absolute atomic E-state index is 13.4. The maximum atomic E-state index is 13.4. The third-order valence-electron chi connectivity index (χ3n) is 8.84. The summed E-state index contributed by atoms with van der Waals surface area (Å²) in [6.07, 6.45) is 10.9. The van der Waals surface area contributed by atoms with Gasteiger partial charge in [0.05, 0.1) is 5.69 Å². The van der Waals surface area contributed by atoms with E-state index in [4.69, 9.17) is 0 Å². The van der Waals surface area contributed by atoms with Gasteiger partial charge >= 0.3 is 0 Å². The van der Waals surface area contributed by atoms with Crippen molar-refractivity contribution in [1.29, 1.82) is 0 Å². The van der Waals surface area contributed by atoms with Crippen LogP contribution in [0.25, 0.3) is 29.9 Å². The Morgan fingerprint density at radius 1 is 1.00 bits per heavy atom. The van der Waals surface area contributed by atoms with Crippen LogP contribution in [-0.4, -0.2) is 27.0 Å². The van der Waals surface area contributed by atoms with Gasteiger partial charge in [-0.05, 0) is 67.7 Å². The summed E-state index contributed by atoms with van der Waals surface area (Å²) in [6.45, 7) is 14.9. The van der Waals surface area contributed by atoms with E-state index in [1.54, 1.807) is 0 Å². The van der Waals surface area contributed by atoms with Crippen molar-refractivity contribution in [3.05, 3.63) is 85.3 Å². The average Bonchev–Trinajstić information content (AvgIpc) is 3.65. The number of aldehydes is 1. The van der Waals surface area contributed by atoms with Crippen LogP contribution in [0.3, 0.4) is 0 Å². The zero-order valence-electron chi connectivity index (χ0n) is 22.6. The molecule has 4 N–H and O–H groups in total. The van der Waals surface area contributed by atoms with E-state index in [1.165, 1.54) is 11.1 Å². The molecule has 38 heavy (non-hydrogen) atoms. The Morgan fingerprint density at radius 2 is 1.79 bits per heavy atom. The predicted molar refractivity (Wildman–Crippen MR) is 153 cm³/mol. The van der Waals surface area contributed by atoms with E-state index in [2.05, 4.69) is 79.7 Å². The molecule has 6 nitrogen and oxygen atoms in total. The zero-order chi connectivity index (χ0) is 26.9. The van der Waals surface area contributed by atoms with Gasteiger partial charge in [0.1, 0.15) is 12.2 Å². The van der Waals surface area contributed by atoms with Crippen molar-refractivity contribution in [2.75, 3.05) is 0 Å². The predicted octanol–water partition coefficient (Wildman–Crippen LogP) is 4.49. The Balaban J connectivity index is 1.73. The highest BCUT2D eigenvalue weighted by molar-refractivity contribution is 6.21. The Kier molecular flexibility index (Phi) is 5.60. The van der Waals surface area contributed by atoms with Gasteiger partial charge in [-0.15, -0.1) is 0 Å². The number of rotatable bonds is 4. The molecule has 194 valence electrons. The lowest BCUT2D eigenvalue weighted by Crippen LogP contribution is -2.17. The van der Waals surface area contributed by atoms with Crippen LogP contribution in [0.2, 0.25) is 0 Å². The summed E-state index contributed by atoms with van der Waals surface area (Å²) in [6, 6.07) is 1.89. The molecule has 1 fully saturated rings. The molecule has 3 atom stereocenters. The molecule has 0 saturated carbocycles. The van der Waals surface area contributed by atoms with Crippen LogP contribution in [0.15, 0.2) is 24.0 Å². The van der Waals surface area contributed by atoms with Gasteiger partial charge in [-0.25, -0.2) is 0 Å². The van der Waals surface area contributed by atoms with Gasteiger partial charge in [0.2, 0.25) is 0 Å². The molecule has 1 aliphatic carbocycles. The van der Waals surface area contributed by atoms with Crippen LogP contribution in [0.5, 0.6) is 0 Å².